The molecule has 0 saturated heterocycles. The molecular weight excluding hydrogens is 186 g/mol. The highest BCUT2D eigenvalue weighted by Gasteiger charge is 2.32. The zero-order valence-corrected chi connectivity index (χ0v) is 8.17. The van der Waals surface area contributed by atoms with E-state index < -0.39 is 0 Å². The molecule has 1 amide bonds. The van der Waals surface area contributed by atoms with Gasteiger partial charge in [0.2, 0.25) is 11.1 Å². The highest BCUT2D eigenvalue weighted by molar-refractivity contribution is 8.26. The lowest BCUT2D eigenvalue weighted by atomic mass is 10.5. The van der Waals surface area contributed by atoms with Crippen LogP contribution < -0.4 is 5.43 Å². The average Bonchev–Trinajstić information content (AvgIpc) is 2.88. The Labute approximate surface area is 80.9 Å². The van der Waals surface area contributed by atoms with Crippen LogP contribution in [-0.4, -0.2) is 16.1 Å². The fraction of sp³-hybridized carbons (Fsp3) is 0.625. The minimum atomic E-state index is -0.126. The van der Waals surface area contributed by atoms with E-state index >= 15 is 0 Å². The third kappa shape index (κ3) is 2.09. The first-order valence-corrected chi connectivity index (χ1v) is 5.19. The number of carbonyl (C=O) groups excluding carboxylic acids is 1. The van der Waals surface area contributed by atoms with Crippen molar-refractivity contribution in [3.63, 3.8) is 0 Å². The Bertz CT molecular complexity index is 294. The molecule has 1 heterocycles. The number of aliphatic imine (C=N–C) groups is 1. The number of amides is 1. The van der Waals surface area contributed by atoms with E-state index in [0.29, 0.717) is 17.5 Å². The molecule has 1 saturated carbocycles. The molecule has 0 aromatic rings. The maximum Gasteiger partial charge on any atom is 0.247 e. The van der Waals surface area contributed by atoms with Crippen molar-refractivity contribution in [1.82, 2.24) is 5.43 Å². The van der Waals surface area contributed by atoms with Crippen molar-refractivity contribution in [3.05, 3.63) is 0 Å². The van der Waals surface area contributed by atoms with Crippen LogP contribution in [0.4, 0.5) is 0 Å². The monoisotopic (exact) mass is 196 g/mol. The standard InChI is InChI=1S/C8H10N3OS/c1-2-6(12)9-8-11-10-7(13-8)5-3-4-5/h5H,2-4H2,1H3. The molecule has 0 spiro atoms. The second-order valence-corrected chi connectivity index (χ2v) is 4.04. The molecule has 1 radical (unpaired) electrons. The fourth-order valence-electron chi connectivity index (χ4n) is 0.953. The van der Waals surface area contributed by atoms with Crippen LogP contribution in [-0.2, 0) is 4.79 Å². The van der Waals surface area contributed by atoms with Gasteiger partial charge < -0.3 is 0 Å². The molecule has 0 unspecified atom stereocenters. The summed E-state index contributed by atoms with van der Waals surface area (Å²) < 4.78 is 0. The highest BCUT2D eigenvalue weighted by atomic mass is 32.2. The van der Waals surface area contributed by atoms with E-state index in [2.05, 4.69) is 15.5 Å². The molecule has 0 aromatic heterocycles. The van der Waals surface area contributed by atoms with E-state index in [1.165, 1.54) is 24.6 Å². The fourth-order valence-corrected chi connectivity index (χ4v) is 1.85. The van der Waals surface area contributed by atoms with Crippen molar-refractivity contribution in [2.45, 2.75) is 26.2 Å². The molecule has 4 nitrogen and oxygen atoms in total. The maximum atomic E-state index is 10.9. The topological polar surface area (TPSA) is 55.9 Å². The van der Waals surface area contributed by atoms with Crippen LogP contribution in [0.2, 0.25) is 0 Å². The van der Waals surface area contributed by atoms with Crippen LogP contribution in [0.15, 0.2) is 10.1 Å². The average molecular weight is 196 g/mol. The van der Waals surface area contributed by atoms with Crippen LogP contribution in [0.5, 0.6) is 0 Å². The Hall–Kier alpha value is -0.840. The summed E-state index contributed by atoms with van der Waals surface area (Å²) in [5, 5.41) is 5.53. The molecule has 5 heteroatoms. The van der Waals surface area contributed by atoms with Gasteiger partial charge in [0.1, 0.15) is 5.04 Å². The minimum absolute atomic E-state index is 0.126. The molecule has 69 valence electrons. The Kier molecular flexibility index (Phi) is 2.35. The van der Waals surface area contributed by atoms with Gasteiger partial charge in [-0.2, -0.15) is 4.99 Å². The summed E-state index contributed by atoms with van der Waals surface area (Å²) in [7, 11) is 0. The maximum absolute atomic E-state index is 10.9. The molecule has 0 atom stereocenters. The lowest BCUT2D eigenvalue weighted by Gasteiger charge is -1.91. The number of thioether (sulfide) groups is 1. The van der Waals surface area contributed by atoms with E-state index in [1.54, 1.807) is 6.92 Å². The molecule has 0 N–H and O–H groups in total. The number of hydrogen-bond acceptors (Lipinski definition) is 3. The Morgan fingerprint density at radius 1 is 1.69 bits per heavy atom. The van der Waals surface area contributed by atoms with Crippen molar-refractivity contribution in [2.75, 3.05) is 0 Å². The number of nitrogens with zero attached hydrogens (tertiary/aromatic N) is 3. The van der Waals surface area contributed by atoms with Gasteiger partial charge in [0.25, 0.3) is 0 Å². The van der Waals surface area contributed by atoms with Crippen LogP contribution >= 0.6 is 11.8 Å². The molecular formula is C8H10N3OS. The minimum Gasteiger partial charge on any atom is -0.273 e. The van der Waals surface area contributed by atoms with Gasteiger partial charge in [0.05, 0.1) is 0 Å². The predicted molar refractivity (Wildman–Crippen MR) is 52.6 cm³/mol. The van der Waals surface area contributed by atoms with Crippen molar-refractivity contribution in [3.8, 4) is 0 Å². The summed E-state index contributed by atoms with van der Waals surface area (Å²) in [6, 6.07) is 0. The summed E-state index contributed by atoms with van der Waals surface area (Å²) in [6.45, 7) is 1.79. The number of hydrogen-bond donors (Lipinski definition) is 0. The molecule has 13 heavy (non-hydrogen) atoms. The highest BCUT2D eigenvalue weighted by Crippen LogP contribution is 2.37. The van der Waals surface area contributed by atoms with Crippen molar-refractivity contribution in [2.24, 2.45) is 16.0 Å². The molecule has 2 aliphatic rings. The molecule has 1 aliphatic heterocycles. The zero-order valence-electron chi connectivity index (χ0n) is 7.36. The normalized spacial score (nSPS) is 24.4. The Balaban J connectivity index is 1.93. The lowest BCUT2D eigenvalue weighted by molar-refractivity contribution is -0.117. The van der Waals surface area contributed by atoms with Gasteiger partial charge in [-0.15, -0.1) is 10.5 Å². The second-order valence-electron chi connectivity index (χ2n) is 3.06. The van der Waals surface area contributed by atoms with E-state index in [9.17, 15) is 4.79 Å². The quantitative estimate of drug-likeness (QED) is 0.669. The molecule has 1 aliphatic carbocycles. The van der Waals surface area contributed by atoms with Crippen molar-refractivity contribution >= 4 is 27.9 Å². The van der Waals surface area contributed by atoms with Crippen molar-refractivity contribution in [1.29, 1.82) is 0 Å². The molecule has 0 aromatic carbocycles. The number of rotatable bonds is 2. The first-order valence-electron chi connectivity index (χ1n) is 4.37. The van der Waals surface area contributed by atoms with Gasteiger partial charge in [0.15, 0.2) is 0 Å². The summed E-state index contributed by atoms with van der Waals surface area (Å²) in [4.78, 5) is 14.8. The van der Waals surface area contributed by atoms with Gasteiger partial charge in [0, 0.05) is 12.3 Å². The van der Waals surface area contributed by atoms with Gasteiger partial charge in [-0.3, -0.25) is 4.79 Å². The summed E-state index contributed by atoms with van der Waals surface area (Å²) in [5.74, 6) is 0.469. The first kappa shape index (κ1) is 8.74. The van der Waals surface area contributed by atoms with E-state index in [1.807, 2.05) is 0 Å². The Morgan fingerprint density at radius 2 is 2.46 bits per heavy atom. The van der Waals surface area contributed by atoms with Gasteiger partial charge in [-0.1, -0.05) is 6.92 Å². The largest absolute Gasteiger partial charge is 0.273 e. The van der Waals surface area contributed by atoms with Crippen LogP contribution in [0, 0.1) is 5.92 Å². The smallest absolute Gasteiger partial charge is 0.247 e. The second kappa shape index (κ2) is 3.49. The molecule has 2 rings (SSSR count). The van der Waals surface area contributed by atoms with Crippen LogP contribution in [0.3, 0.4) is 0 Å². The van der Waals surface area contributed by atoms with Crippen LogP contribution in [0.1, 0.15) is 26.2 Å². The SMILES string of the molecule is CCC(=O)N=C1[N]N=C(C2CC2)S1. The van der Waals surface area contributed by atoms with Gasteiger partial charge in [-0.05, 0) is 24.6 Å². The number of amidine groups is 1. The summed E-state index contributed by atoms with van der Waals surface area (Å²) in [6.07, 6.45) is 2.84. The summed E-state index contributed by atoms with van der Waals surface area (Å²) >= 11 is 1.44. The lowest BCUT2D eigenvalue weighted by Crippen LogP contribution is -2.03. The molecule has 1 fully saturated rings. The van der Waals surface area contributed by atoms with Gasteiger partial charge >= 0.3 is 0 Å². The van der Waals surface area contributed by atoms with Crippen LogP contribution in [0.25, 0.3) is 0 Å². The van der Waals surface area contributed by atoms with E-state index in [4.69, 9.17) is 0 Å². The third-order valence-electron chi connectivity index (χ3n) is 1.88. The molecule has 0 bridgehead atoms. The zero-order chi connectivity index (χ0) is 9.26. The van der Waals surface area contributed by atoms with Crippen molar-refractivity contribution < 1.29 is 4.79 Å². The first-order chi connectivity index (χ1) is 6.29. The predicted octanol–water partition coefficient (Wildman–Crippen LogP) is 1.35. The Morgan fingerprint density at radius 3 is 3.08 bits per heavy atom. The van der Waals surface area contributed by atoms with E-state index in [0.717, 1.165) is 5.04 Å². The number of carbonyl (C=O) groups is 1. The third-order valence-corrected chi connectivity index (χ3v) is 2.86. The van der Waals surface area contributed by atoms with E-state index in [-0.39, 0.29) is 5.91 Å². The summed E-state index contributed by atoms with van der Waals surface area (Å²) in [5.41, 5.74) is 3.85. The van der Waals surface area contributed by atoms with Gasteiger partial charge in [-0.25, -0.2) is 0 Å².